The highest BCUT2D eigenvalue weighted by atomic mass is 16.5. The van der Waals surface area contributed by atoms with Crippen LogP contribution in [-0.4, -0.2) is 61.8 Å². The molecule has 0 bridgehead atoms. The summed E-state index contributed by atoms with van der Waals surface area (Å²) in [5.74, 6) is -0.837. The largest absolute Gasteiger partial charge is 0.493 e. The maximum absolute atomic E-state index is 12.9. The molecule has 0 spiro atoms. The molecule has 3 rings (SSSR count). The van der Waals surface area contributed by atoms with E-state index in [1.54, 1.807) is 23.1 Å². The third-order valence-electron chi connectivity index (χ3n) is 4.89. The van der Waals surface area contributed by atoms with E-state index in [-0.39, 0.29) is 17.2 Å². The van der Waals surface area contributed by atoms with Gasteiger partial charge in [-0.05, 0) is 35.9 Å². The number of carbonyl (C=O) groups excluding carboxylic acids is 1. The van der Waals surface area contributed by atoms with E-state index in [9.17, 15) is 14.9 Å². The summed E-state index contributed by atoms with van der Waals surface area (Å²) in [7, 11) is 1.43. The molecule has 2 aromatic rings. The van der Waals surface area contributed by atoms with Crippen LogP contribution in [0.5, 0.6) is 11.5 Å². The highest BCUT2D eigenvalue weighted by Crippen LogP contribution is 2.29. The molecule has 0 aliphatic carbocycles. The highest BCUT2D eigenvalue weighted by molar-refractivity contribution is 6.01. The van der Waals surface area contributed by atoms with Crippen LogP contribution in [0.2, 0.25) is 0 Å². The average molecular weight is 421 g/mol. The van der Waals surface area contributed by atoms with Gasteiger partial charge in [-0.15, -0.1) is 0 Å². The molecule has 1 aliphatic heterocycles. The van der Waals surface area contributed by atoms with Crippen LogP contribution in [-0.2, 0) is 9.59 Å². The van der Waals surface area contributed by atoms with Crippen LogP contribution >= 0.6 is 0 Å². The predicted molar refractivity (Wildman–Crippen MR) is 115 cm³/mol. The Morgan fingerprint density at radius 2 is 1.81 bits per heavy atom. The molecule has 8 nitrogen and oxygen atoms in total. The van der Waals surface area contributed by atoms with Gasteiger partial charge in [0.25, 0.3) is 5.91 Å². The topological polar surface area (TPSA) is 103 Å². The van der Waals surface area contributed by atoms with Gasteiger partial charge < -0.3 is 24.4 Å². The molecular weight excluding hydrogens is 398 g/mol. The summed E-state index contributed by atoms with van der Waals surface area (Å²) in [5.41, 5.74) is 1.71. The first-order chi connectivity index (χ1) is 15.0. The second-order valence-corrected chi connectivity index (χ2v) is 6.88. The van der Waals surface area contributed by atoms with Gasteiger partial charge in [0.05, 0.1) is 7.11 Å². The van der Waals surface area contributed by atoms with E-state index < -0.39 is 12.6 Å². The molecule has 0 aromatic heterocycles. The number of amides is 1. The van der Waals surface area contributed by atoms with Crippen molar-refractivity contribution < 1.29 is 24.2 Å². The van der Waals surface area contributed by atoms with Gasteiger partial charge in [0.1, 0.15) is 11.6 Å². The van der Waals surface area contributed by atoms with Gasteiger partial charge in [-0.1, -0.05) is 24.3 Å². The number of nitriles is 1. The minimum Gasteiger partial charge on any atom is -0.493 e. The number of benzene rings is 2. The van der Waals surface area contributed by atoms with Crippen molar-refractivity contribution in [3.05, 3.63) is 59.7 Å². The predicted octanol–water partition coefficient (Wildman–Crippen LogP) is 2.41. The minimum atomic E-state index is -1.10. The maximum Gasteiger partial charge on any atom is 0.341 e. The summed E-state index contributed by atoms with van der Waals surface area (Å²) in [6.45, 7) is 1.94. The molecule has 1 amide bonds. The van der Waals surface area contributed by atoms with E-state index in [2.05, 4.69) is 4.90 Å². The van der Waals surface area contributed by atoms with Gasteiger partial charge in [0.2, 0.25) is 0 Å². The van der Waals surface area contributed by atoms with E-state index in [1.807, 2.05) is 36.4 Å². The van der Waals surface area contributed by atoms with Gasteiger partial charge in [0, 0.05) is 31.9 Å². The molecule has 1 aliphatic rings. The van der Waals surface area contributed by atoms with Crippen molar-refractivity contribution in [1.82, 2.24) is 4.90 Å². The first-order valence-corrected chi connectivity index (χ1v) is 9.75. The first kappa shape index (κ1) is 21.7. The normalized spacial score (nSPS) is 14.0. The summed E-state index contributed by atoms with van der Waals surface area (Å²) in [6.07, 6.45) is 1.50. The molecule has 1 saturated heterocycles. The minimum absolute atomic E-state index is 0.0226. The smallest absolute Gasteiger partial charge is 0.341 e. The number of anilines is 1. The van der Waals surface area contributed by atoms with Crippen molar-refractivity contribution in [2.45, 2.75) is 0 Å². The highest BCUT2D eigenvalue weighted by Gasteiger charge is 2.24. The Morgan fingerprint density at radius 1 is 1.10 bits per heavy atom. The lowest BCUT2D eigenvalue weighted by molar-refractivity contribution is -0.139. The van der Waals surface area contributed by atoms with Gasteiger partial charge in [-0.3, -0.25) is 4.79 Å². The molecule has 0 atom stereocenters. The average Bonchev–Trinajstić information content (AvgIpc) is 2.81. The summed E-state index contributed by atoms with van der Waals surface area (Å²) in [4.78, 5) is 27.4. The number of piperazine rings is 1. The molecule has 1 N–H and O–H groups in total. The molecule has 31 heavy (non-hydrogen) atoms. The second kappa shape index (κ2) is 10.2. The molecule has 8 heteroatoms. The number of methoxy groups -OCH3 is 1. The van der Waals surface area contributed by atoms with Gasteiger partial charge in [0.15, 0.2) is 18.1 Å². The Hall–Kier alpha value is -3.99. The summed E-state index contributed by atoms with van der Waals surface area (Å²) >= 11 is 0. The van der Waals surface area contributed by atoms with E-state index >= 15 is 0 Å². The fourth-order valence-corrected chi connectivity index (χ4v) is 3.32. The monoisotopic (exact) mass is 421 g/mol. The maximum atomic E-state index is 12.9. The number of hydrogen-bond acceptors (Lipinski definition) is 6. The molecule has 0 saturated carbocycles. The molecule has 2 aromatic carbocycles. The van der Waals surface area contributed by atoms with Crippen molar-refractivity contribution in [1.29, 1.82) is 5.26 Å². The molecular formula is C23H23N3O5. The third kappa shape index (κ3) is 5.54. The second-order valence-electron chi connectivity index (χ2n) is 6.88. The lowest BCUT2D eigenvalue weighted by Gasteiger charge is -2.36. The summed E-state index contributed by atoms with van der Waals surface area (Å²) in [6, 6.07) is 16.8. The van der Waals surface area contributed by atoms with Crippen LogP contribution in [0.25, 0.3) is 6.08 Å². The number of ether oxygens (including phenoxy) is 2. The van der Waals surface area contributed by atoms with Crippen molar-refractivity contribution >= 4 is 23.6 Å². The Balaban J connectivity index is 1.69. The number of aliphatic carboxylic acids is 1. The van der Waals surface area contributed by atoms with Crippen molar-refractivity contribution in [3.63, 3.8) is 0 Å². The third-order valence-corrected chi connectivity index (χ3v) is 4.89. The number of carboxylic acids is 1. The fraction of sp³-hybridized carbons (Fsp3) is 0.261. The number of carboxylic acid groups (broad SMARTS) is 1. The standard InChI is InChI=1S/C23H23N3O5/c1-30-21-14-17(7-8-20(21)31-16-22(27)28)13-18(15-24)23(29)26-11-9-25(10-12-26)19-5-3-2-4-6-19/h2-8,13-14H,9-12,16H2,1H3,(H,27,28)/b18-13-. The van der Waals surface area contributed by atoms with Gasteiger partial charge in [-0.25, -0.2) is 4.79 Å². The Bertz CT molecular complexity index is 1010. The van der Waals surface area contributed by atoms with Crippen LogP contribution in [0.1, 0.15) is 5.56 Å². The summed E-state index contributed by atoms with van der Waals surface area (Å²) in [5, 5.41) is 18.3. The molecule has 0 unspecified atom stereocenters. The Labute approximate surface area is 180 Å². The number of nitrogens with zero attached hydrogens (tertiary/aromatic N) is 3. The zero-order valence-corrected chi connectivity index (χ0v) is 17.2. The number of carbonyl (C=O) groups is 2. The van der Waals surface area contributed by atoms with Gasteiger partial charge in [-0.2, -0.15) is 5.26 Å². The summed E-state index contributed by atoms with van der Waals surface area (Å²) < 4.78 is 10.4. The van der Waals surface area contributed by atoms with Crippen LogP contribution < -0.4 is 14.4 Å². The lowest BCUT2D eigenvalue weighted by atomic mass is 10.1. The molecule has 1 heterocycles. The van der Waals surface area contributed by atoms with E-state index in [1.165, 1.54) is 13.2 Å². The van der Waals surface area contributed by atoms with Gasteiger partial charge >= 0.3 is 5.97 Å². The SMILES string of the molecule is COc1cc(/C=C(/C#N)C(=O)N2CCN(c3ccccc3)CC2)ccc1OCC(=O)O. The number of hydrogen-bond donors (Lipinski definition) is 1. The van der Waals surface area contributed by atoms with Crippen LogP contribution in [0, 0.1) is 11.3 Å². The first-order valence-electron chi connectivity index (χ1n) is 9.75. The Morgan fingerprint density at radius 3 is 2.42 bits per heavy atom. The zero-order valence-electron chi connectivity index (χ0n) is 17.2. The van der Waals surface area contributed by atoms with Crippen molar-refractivity contribution in [3.8, 4) is 17.6 Å². The number of rotatable bonds is 7. The Kier molecular flexibility index (Phi) is 7.12. The van der Waals surface area contributed by atoms with E-state index in [0.29, 0.717) is 37.5 Å². The van der Waals surface area contributed by atoms with Crippen molar-refractivity contribution in [2.75, 3.05) is 44.8 Å². The van der Waals surface area contributed by atoms with Crippen LogP contribution in [0.4, 0.5) is 5.69 Å². The molecule has 0 radical (unpaired) electrons. The van der Waals surface area contributed by atoms with Crippen molar-refractivity contribution in [2.24, 2.45) is 0 Å². The van der Waals surface area contributed by atoms with E-state index in [0.717, 1.165) is 5.69 Å². The van der Waals surface area contributed by atoms with Crippen LogP contribution in [0.3, 0.4) is 0 Å². The quantitative estimate of drug-likeness (QED) is 0.541. The fourth-order valence-electron chi connectivity index (χ4n) is 3.32. The lowest BCUT2D eigenvalue weighted by Crippen LogP contribution is -2.49. The molecule has 160 valence electrons. The molecule has 1 fully saturated rings. The van der Waals surface area contributed by atoms with Crippen LogP contribution in [0.15, 0.2) is 54.1 Å². The van der Waals surface area contributed by atoms with E-state index in [4.69, 9.17) is 14.6 Å². The number of para-hydroxylation sites is 1. The zero-order chi connectivity index (χ0) is 22.2.